The standard InChI is InChI=1S/C32H36N2O4.C16H24NO6P.C14H20O2/c1-21(37-5)34-29(30(35)32(2,3)4)18-22-14-16-23(17-15-22)19-33-31(36)38-20-28-26-12-8-6-10-24(26)25-11-7-9-13-27(25)28;1-16(2,3)14(18)13(17-15(19)22-4)10-11-6-8-12(9-7-11)23-24(5,20)21;1-5-14(16,12(15)13(2,3)4)11-9-7-6-8-10-11/h6-17,28-29,34H,1,18-20H2,2-5H3,(H,33,36);6-9,13H,10H2,1-5H3,(H,17,19)(H,20,21);6-10,16H,5H2,1-4H3. The molecule has 0 saturated heterocycles. The Kier molecular flexibility index (Phi) is 22.4. The Morgan fingerprint density at radius 3 is 1.50 bits per heavy atom. The average Bonchev–Trinajstić information content (AvgIpc) is 3.79. The van der Waals surface area contributed by atoms with Crippen molar-refractivity contribution < 1.29 is 57.3 Å². The molecule has 16 heteroatoms. The van der Waals surface area contributed by atoms with E-state index in [1.807, 2.05) is 115 Å². The molecule has 2 amide bonds. The molecule has 15 nitrogen and oxygen atoms in total. The number of nitrogens with one attached hydrogen (secondary N) is 3. The highest BCUT2D eigenvalue weighted by Crippen LogP contribution is 2.44. The third kappa shape index (κ3) is 18.6. The van der Waals surface area contributed by atoms with Crippen LogP contribution in [0.1, 0.15) is 115 Å². The molecule has 0 heterocycles. The number of alkyl carbamates (subject to hydrolysis) is 2. The Balaban J connectivity index is 0.000000280. The van der Waals surface area contributed by atoms with Crippen LogP contribution < -0.4 is 20.5 Å². The van der Waals surface area contributed by atoms with E-state index >= 15 is 0 Å². The van der Waals surface area contributed by atoms with Crippen molar-refractivity contribution in [2.75, 3.05) is 27.5 Å². The molecule has 0 aromatic heterocycles. The maximum absolute atomic E-state index is 12.9. The summed E-state index contributed by atoms with van der Waals surface area (Å²) in [5.74, 6) is 0.467. The number of aliphatic hydroxyl groups is 1. The van der Waals surface area contributed by atoms with Crippen LogP contribution in [0.25, 0.3) is 11.1 Å². The van der Waals surface area contributed by atoms with Crippen molar-refractivity contribution in [2.24, 2.45) is 16.2 Å². The number of amides is 2. The second-order valence-corrected chi connectivity index (χ2v) is 24.1. The number of ether oxygens (including phenoxy) is 3. The van der Waals surface area contributed by atoms with E-state index < -0.39 is 53.7 Å². The van der Waals surface area contributed by atoms with Gasteiger partial charge in [-0.3, -0.25) is 14.4 Å². The molecule has 0 fully saturated rings. The topological polar surface area (TPSA) is 216 Å². The summed E-state index contributed by atoms with van der Waals surface area (Å²) >= 11 is 0. The van der Waals surface area contributed by atoms with Crippen molar-refractivity contribution in [1.82, 2.24) is 16.0 Å². The predicted octanol–water partition coefficient (Wildman–Crippen LogP) is 11.6. The predicted molar refractivity (Wildman–Crippen MR) is 305 cm³/mol. The third-order valence-electron chi connectivity index (χ3n) is 12.9. The van der Waals surface area contributed by atoms with Gasteiger partial charge in [0, 0.05) is 35.4 Å². The first-order valence-electron chi connectivity index (χ1n) is 25.9. The number of methoxy groups -OCH3 is 2. The molecule has 5 aromatic carbocycles. The Hall–Kier alpha value is -7.06. The van der Waals surface area contributed by atoms with Crippen LogP contribution in [0.4, 0.5) is 9.59 Å². The molecule has 78 heavy (non-hydrogen) atoms. The summed E-state index contributed by atoms with van der Waals surface area (Å²) in [6.45, 7) is 23.9. The number of Topliss-reactive ketones (excluding diaryl/α,β-unsaturated/α-hetero) is 3. The van der Waals surface area contributed by atoms with Crippen LogP contribution in [-0.2, 0) is 58.1 Å². The number of carbonyl (C=O) groups excluding carboxylic acids is 5. The zero-order valence-electron chi connectivity index (χ0n) is 47.5. The van der Waals surface area contributed by atoms with E-state index in [1.54, 1.807) is 57.2 Å². The Bertz CT molecular complexity index is 2830. The van der Waals surface area contributed by atoms with E-state index in [2.05, 4.69) is 51.5 Å². The fourth-order valence-electron chi connectivity index (χ4n) is 8.72. The highest BCUT2D eigenvalue weighted by Gasteiger charge is 2.42. The quantitative estimate of drug-likeness (QED) is 0.0385. The average molecular weight is 1090 g/mol. The largest absolute Gasteiger partial charge is 0.483 e. The van der Waals surface area contributed by atoms with E-state index in [0.717, 1.165) is 23.4 Å². The van der Waals surface area contributed by atoms with Gasteiger partial charge in [-0.15, -0.1) is 0 Å². The third-order valence-corrected chi connectivity index (χ3v) is 13.4. The van der Waals surface area contributed by atoms with E-state index in [4.69, 9.17) is 14.0 Å². The van der Waals surface area contributed by atoms with Gasteiger partial charge in [-0.25, -0.2) is 14.2 Å². The molecule has 0 aliphatic heterocycles. The first-order valence-corrected chi connectivity index (χ1v) is 27.9. The molecule has 0 radical (unpaired) electrons. The van der Waals surface area contributed by atoms with Crippen LogP contribution in [0.15, 0.2) is 140 Å². The van der Waals surface area contributed by atoms with Crippen LogP contribution in [0.5, 0.6) is 5.75 Å². The van der Waals surface area contributed by atoms with Gasteiger partial charge in [0.1, 0.15) is 18.0 Å². The van der Waals surface area contributed by atoms with Crippen molar-refractivity contribution in [3.63, 3.8) is 0 Å². The first kappa shape index (κ1) is 63.5. The summed E-state index contributed by atoms with van der Waals surface area (Å²) in [4.78, 5) is 70.9. The zero-order chi connectivity index (χ0) is 58.2. The monoisotopic (exact) mass is 1090 g/mol. The lowest BCUT2D eigenvalue weighted by Gasteiger charge is -2.32. The van der Waals surface area contributed by atoms with Gasteiger partial charge < -0.3 is 44.7 Å². The SMILES string of the molecule is C=C(NC(Cc1ccc(CNC(=O)OCC2c3ccccc3-c3ccccc32)cc1)C(=O)C(C)(C)C)OC.CCC(O)(C(=O)C(C)(C)C)c1ccccc1.COC(=O)NC(Cc1ccc(OP(C)(=O)O)cc1)C(=O)C(C)(C)C. The molecule has 4 unspecified atom stereocenters. The minimum absolute atomic E-state index is 0.0268. The van der Waals surface area contributed by atoms with Crippen LogP contribution in [0.3, 0.4) is 0 Å². The highest BCUT2D eigenvalue weighted by molar-refractivity contribution is 7.52. The van der Waals surface area contributed by atoms with Crippen molar-refractivity contribution in [3.8, 4) is 16.9 Å². The summed E-state index contributed by atoms with van der Waals surface area (Å²) in [6, 6.07) is 38.8. The van der Waals surface area contributed by atoms with Gasteiger partial charge in [0.05, 0.1) is 26.3 Å². The summed E-state index contributed by atoms with van der Waals surface area (Å²) < 4.78 is 31.5. The molecule has 0 saturated carbocycles. The second kappa shape index (κ2) is 27.5. The lowest BCUT2D eigenvalue weighted by Crippen LogP contribution is -2.46. The number of hydrogen-bond acceptors (Lipinski definition) is 12. The van der Waals surface area contributed by atoms with Crippen LogP contribution in [-0.4, -0.2) is 79.1 Å². The van der Waals surface area contributed by atoms with Crippen molar-refractivity contribution in [1.29, 1.82) is 0 Å². The normalized spacial score (nSPS) is 14.2. The van der Waals surface area contributed by atoms with Gasteiger partial charge in [0.2, 0.25) is 0 Å². The van der Waals surface area contributed by atoms with Crippen molar-refractivity contribution >= 4 is 37.1 Å². The van der Waals surface area contributed by atoms with Gasteiger partial charge in [0.15, 0.2) is 23.2 Å². The number of hydrogen-bond donors (Lipinski definition) is 5. The van der Waals surface area contributed by atoms with Gasteiger partial charge in [-0.05, 0) is 82.5 Å². The molecule has 5 aromatic rings. The smallest absolute Gasteiger partial charge is 0.407 e. The molecule has 6 rings (SSSR count). The fourth-order valence-corrected chi connectivity index (χ4v) is 9.23. The molecule has 5 N–H and O–H groups in total. The number of ketones is 3. The molecule has 0 bridgehead atoms. The number of fused-ring (bicyclic) bond motifs is 3. The molecule has 1 aliphatic rings. The van der Waals surface area contributed by atoms with Crippen molar-refractivity contribution in [3.05, 3.63) is 173 Å². The Morgan fingerprint density at radius 1 is 0.615 bits per heavy atom. The van der Waals surface area contributed by atoms with Gasteiger partial charge in [0.25, 0.3) is 0 Å². The van der Waals surface area contributed by atoms with E-state index in [0.29, 0.717) is 30.8 Å². The summed E-state index contributed by atoms with van der Waals surface area (Å²) in [6.07, 6.45) is 0.0406. The van der Waals surface area contributed by atoms with E-state index in [1.165, 1.54) is 36.5 Å². The zero-order valence-corrected chi connectivity index (χ0v) is 48.4. The minimum Gasteiger partial charge on any atom is -0.483 e. The molecule has 4 atom stereocenters. The lowest BCUT2D eigenvalue weighted by molar-refractivity contribution is -0.147. The van der Waals surface area contributed by atoms with Crippen LogP contribution in [0, 0.1) is 16.2 Å². The lowest BCUT2D eigenvalue weighted by atomic mass is 9.75. The maximum atomic E-state index is 12.9. The summed E-state index contributed by atoms with van der Waals surface area (Å²) in [5, 5.41) is 19.0. The van der Waals surface area contributed by atoms with Gasteiger partial charge in [-0.1, -0.05) is 184 Å². The Morgan fingerprint density at radius 2 is 1.06 bits per heavy atom. The number of rotatable bonds is 19. The molecule has 0 spiro atoms. The van der Waals surface area contributed by atoms with Gasteiger partial charge in [-0.2, -0.15) is 0 Å². The highest BCUT2D eigenvalue weighted by atomic mass is 31.2. The molecular formula is C62H80N3O12P. The van der Waals surface area contributed by atoms with Gasteiger partial charge >= 0.3 is 19.8 Å². The number of carbonyl (C=O) groups is 5. The van der Waals surface area contributed by atoms with Crippen molar-refractivity contribution in [2.45, 2.75) is 119 Å². The van der Waals surface area contributed by atoms with E-state index in [9.17, 15) is 38.5 Å². The molecular weight excluding hydrogens is 1010 g/mol. The molecule has 1 aliphatic carbocycles. The minimum atomic E-state index is -3.62. The van der Waals surface area contributed by atoms with Crippen LogP contribution >= 0.6 is 7.60 Å². The second-order valence-electron chi connectivity index (χ2n) is 22.3. The number of benzene rings is 5. The summed E-state index contributed by atoms with van der Waals surface area (Å²) in [5.41, 5.74) is 5.12. The van der Waals surface area contributed by atoms with Crippen LogP contribution in [0.2, 0.25) is 0 Å². The first-order chi connectivity index (χ1) is 36.4. The Labute approximate surface area is 461 Å². The molecule has 420 valence electrons. The fraction of sp³-hybridized carbons (Fsp3) is 0.403. The maximum Gasteiger partial charge on any atom is 0.407 e. The summed E-state index contributed by atoms with van der Waals surface area (Å²) in [7, 11) is -0.864. The van der Waals surface area contributed by atoms with E-state index in [-0.39, 0.29) is 42.0 Å².